The monoisotopic (exact) mass is 244 g/mol. The summed E-state index contributed by atoms with van der Waals surface area (Å²) in [4.78, 5) is 16.7. The summed E-state index contributed by atoms with van der Waals surface area (Å²) in [6.45, 7) is 8.21. The topological polar surface area (TPSA) is 34.9 Å². The Morgan fingerprint density at radius 2 is 2.00 bits per heavy atom. The SMILES string of the molecule is CCCC(C)C(=O)n1cnc2cc(C)c(C)cc21. The predicted molar refractivity (Wildman–Crippen MR) is 73.9 cm³/mol. The van der Waals surface area contributed by atoms with Crippen LogP contribution in [0.4, 0.5) is 0 Å². The van der Waals surface area contributed by atoms with E-state index in [-0.39, 0.29) is 11.8 Å². The summed E-state index contributed by atoms with van der Waals surface area (Å²) < 4.78 is 1.70. The van der Waals surface area contributed by atoms with Crippen molar-refractivity contribution in [1.82, 2.24) is 9.55 Å². The first-order valence-corrected chi connectivity index (χ1v) is 6.53. The molecule has 2 rings (SSSR count). The molecule has 0 spiro atoms. The van der Waals surface area contributed by atoms with E-state index >= 15 is 0 Å². The summed E-state index contributed by atoms with van der Waals surface area (Å²) in [5.74, 6) is 0.191. The molecule has 2 aromatic rings. The summed E-state index contributed by atoms with van der Waals surface area (Å²) in [6, 6.07) is 4.09. The predicted octanol–water partition coefficient (Wildman–Crippen LogP) is 3.73. The molecule has 0 N–H and O–H groups in total. The minimum absolute atomic E-state index is 0.0500. The molecule has 0 aliphatic heterocycles. The van der Waals surface area contributed by atoms with Gasteiger partial charge in [0.1, 0.15) is 6.33 Å². The zero-order valence-corrected chi connectivity index (χ0v) is 11.5. The number of carbonyl (C=O) groups excluding carboxylic acids is 1. The minimum atomic E-state index is 0.0500. The lowest BCUT2D eigenvalue weighted by atomic mass is 10.1. The van der Waals surface area contributed by atoms with Gasteiger partial charge in [-0.1, -0.05) is 20.3 Å². The number of hydrogen-bond acceptors (Lipinski definition) is 2. The van der Waals surface area contributed by atoms with Gasteiger partial charge in [-0.3, -0.25) is 9.36 Å². The second-order valence-corrected chi connectivity index (χ2v) is 5.07. The Bertz CT molecular complexity index is 583. The maximum atomic E-state index is 12.3. The molecule has 0 aliphatic rings. The molecular formula is C15H20N2O. The lowest BCUT2D eigenvalue weighted by Crippen LogP contribution is -2.18. The van der Waals surface area contributed by atoms with Crippen LogP contribution in [0.25, 0.3) is 11.0 Å². The Morgan fingerprint density at radius 1 is 1.33 bits per heavy atom. The van der Waals surface area contributed by atoms with Crippen molar-refractivity contribution in [2.45, 2.75) is 40.5 Å². The van der Waals surface area contributed by atoms with Gasteiger partial charge < -0.3 is 0 Å². The molecule has 1 aromatic carbocycles. The molecule has 0 saturated heterocycles. The van der Waals surface area contributed by atoms with Crippen molar-refractivity contribution in [2.75, 3.05) is 0 Å². The lowest BCUT2D eigenvalue weighted by molar-refractivity contribution is 0.0843. The fraction of sp³-hybridized carbons (Fsp3) is 0.467. The van der Waals surface area contributed by atoms with Gasteiger partial charge in [0, 0.05) is 5.92 Å². The van der Waals surface area contributed by atoms with Crippen LogP contribution in [0.2, 0.25) is 0 Å². The molecule has 0 radical (unpaired) electrons. The second kappa shape index (κ2) is 4.92. The minimum Gasteiger partial charge on any atom is -0.274 e. The van der Waals surface area contributed by atoms with Gasteiger partial charge in [0.05, 0.1) is 11.0 Å². The Hall–Kier alpha value is -1.64. The van der Waals surface area contributed by atoms with Crippen molar-refractivity contribution in [3.8, 4) is 0 Å². The summed E-state index contributed by atoms with van der Waals surface area (Å²) in [6.07, 6.45) is 3.60. The van der Waals surface area contributed by atoms with Crippen LogP contribution < -0.4 is 0 Å². The van der Waals surface area contributed by atoms with Crippen LogP contribution in [0.3, 0.4) is 0 Å². The number of nitrogens with zero attached hydrogens (tertiary/aromatic N) is 2. The van der Waals surface area contributed by atoms with Crippen molar-refractivity contribution < 1.29 is 4.79 Å². The number of aryl methyl sites for hydroxylation is 2. The van der Waals surface area contributed by atoms with Gasteiger partial charge in [-0.25, -0.2) is 4.98 Å². The van der Waals surface area contributed by atoms with Gasteiger partial charge in [-0.2, -0.15) is 0 Å². The highest BCUT2D eigenvalue weighted by Crippen LogP contribution is 2.20. The highest BCUT2D eigenvalue weighted by atomic mass is 16.2. The summed E-state index contributed by atoms with van der Waals surface area (Å²) >= 11 is 0. The molecule has 1 heterocycles. The third-order valence-corrected chi connectivity index (χ3v) is 3.54. The van der Waals surface area contributed by atoms with Crippen molar-refractivity contribution in [1.29, 1.82) is 0 Å². The average molecular weight is 244 g/mol. The van der Waals surface area contributed by atoms with E-state index in [1.165, 1.54) is 11.1 Å². The second-order valence-electron chi connectivity index (χ2n) is 5.07. The molecule has 96 valence electrons. The smallest absolute Gasteiger partial charge is 0.235 e. The maximum Gasteiger partial charge on any atom is 0.235 e. The fourth-order valence-corrected chi connectivity index (χ4v) is 2.23. The standard InChI is InChI=1S/C15H20N2O/c1-5-6-10(2)15(18)17-9-16-13-7-11(3)12(4)8-14(13)17/h7-10H,5-6H2,1-4H3. The van der Waals surface area contributed by atoms with Crippen molar-refractivity contribution in [3.05, 3.63) is 29.6 Å². The molecule has 1 atom stereocenters. The van der Waals surface area contributed by atoms with E-state index in [1.54, 1.807) is 10.9 Å². The fourth-order valence-electron chi connectivity index (χ4n) is 2.23. The van der Waals surface area contributed by atoms with E-state index in [9.17, 15) is 4.79 Å². The van der Waals surface area contributed by atoms with Gasteiger partial charge in [0.25, 0.3) is 0 Å². The number of rotatable bonds is 3. The molecule has 1 aromatic heterocycles. The van der Waals surface area contributed by atoms with Crippen molar-refractivity contribution in [3.63, 3.8) is 0 Å². The summed E-state index contributed by atoms with van der Waals surface area (Å²) in [7, 11) is 0. The van der Waals surface area contributed by atoms with Crippen LogP contribution in [-0.4, -0.2) is 15.5 Å². The molecule has 0 bridgehead atoms. The number of benzene rings is 1. The Kier molecular flexibility index (Phi) is 3.50. The Morgan fingerprint density at radius 3 is 2.67 bits per heavy atom. The molecule has 3 nitrogen and oxygen atoms in total. The van der Waals surface area contributed by atoms with Gasteiger partial charge >= 0.3 is 0 Å². The molecule has 18 heavy (non-hydrogen) atoms. The number of fused-ring (bicyclic) bond motifs is 1. The number of carbonyl (C=O) groups is 1. The van der Waals surface area contributed by atoms with E-state index in [4.69, 9.17) is 0 Å². The molecule has 3 heteroatoms. The van der Waals surface area contributed by atoms with E-state index in [2.05, 4.69) is 25.8 Å². The summed E-state index contributed by atoms with van der Waals surface area (Å²) in [5.41, 5.74) is 4.23. The van der Waals surface area contributed by atoms with Crippen LogP contribution in [-0.2, 0) is 0 Å². The number of aromatic nitrogens is 2. The zero-order chi connectivity index (χ0) is 13.3. The normalized spacial score (nSPS) is 12.9. The Labute approximate surface area is 108 Å². The van der Waals surface area contributed by atoms with Crippen LogP contribution in [0.1, 0.15) is 42.6 Å². The molecule has 0 amide bonds. The van der Waals surface area contributed by atoms with Gasteiger partial charge in [-0.05, 0) is 43.5 Å². The van der Waals surface area contributed by atoms with Crippen molar-refractivity contribution in [2.24, 2.45) is 5.92 Å². The molecular weight excluding hydrogens is 224 g/mol. The largest absolute Gasteiger partial charge is 0.274 e. The third-order valence-electron chi connectivity index (χ3n) is 3.54. The number of imidazole rings is 1. The van der Waals surface area contributed by atoms with E-state index in [1.807, 2.05) is 19.1 Å². The van der Waals surface area contributed by atoms with Gasteiger partial charge in [-0.15, -0.1) is 0 Å². The van der Waals surface area contributed by atoms with Crippen molar-refractivity contribution >= 4 is 16.9 Å². The highest BCUT2D eigenvalue weighted by molar-refractivity contribution is 5.91. The summed E-state index contributed by atoms with van der Waals surface area (Å²) in [5, 5.41) is 0. The van der Waals surface area contributed by atoms with Gasteiger partial charge in [0.2, 0.25) is 5.91 Å². The van der Waals surface area contributed by atoms with Gasteiger partial charge in [0.15, 0.2) is 0 Å². The molecule has 0 aliphatic carbocycles. The average Bonchev–Trinajstić information content (AvgIpc) is 2.72. The quantitative estimate of drug-likeness (QED) is 0.824. The van der Waals surface area contributed by atoms with Crippen LogP contribution in [0.5, 0.6) is 0 Å². The number of hydrogen-bond donors (Lipinski definition) is 0. The molecule has 0 saturated carbocycles. The first-order chi connectivity index (χ1) is 8.54. The van der Waals surface area contributed by atoms with E-state index in [0.29, 0.717) is 0 Å². The van der Waals surface area contributed by atoms with Crippen LogP contribution >= 0.6 is 0 Å². The first-order valence-electron chi connectivity index (χ1n) is 6.53. The third kappa shape index (κ3) is 2.17. The Balaban J connectivity index is 2.46. The highest BCUT2D eigenvalue weighted by Gasteiger charge is 2.16. The molecule has 1 unspecified atom stereocenters. The molecule has 0 fully saturated rings. The zero-order valence-electron chi connectivity index (χ0n) is 11.5. The van der Waals surface area contributed by atoms with Crippen LogP contribution in [0.15, 0.2) is 18.5 Å². The van der Waals surface area contributed by atoms with E-state index in [0.717, 1.165) is 23.9 Å². The lowest BCUT2D eigenvalue weighted by Gasteiger charge is -2.10. The first kappa shape index (κ1) is 12.8. The van der Waals surface area contributed by atoms with E-state index < -0.39 is 0 Å². The van der Waals surface area contributed by atoms with Crippen LogP contribution in [0, 0.1) is 19.8 Å². The maximum absolute atomic E-state index is 12.3.